The van der Waals surface area contributed by atoms with Crippen LogP contribution in [0.4, 0.5) is 15.8 Å². The smallest absolute Gasteiger partial charge is 0.293 e. The third-order valence-corrected chi connectivity index (χ3v) is 5.34. The molecule has 3 N–H and O–H groups in total. The van der Waals surface area contributed by atoms with E-state index in [2.05, 4.69) is 20.9 Å². The number of nitrogens with one attached hydrogen (secondary N) is 3. The molecule has 0 radical (unpaired) electrons. The van der Waals surface area contributed by atoms with E-state index in [-0.39, 0.29) is 22.1 Å². The SMILES string of the molecule is CN=C(NCCNc1ccc(S(C)(=O)=O)cc1[N+](=O)[O-])NCc1ccc(F)c(C)c1. The minimum Gasteiger partial charge on any atom is -0.378 e. The first-order valence-corrected chi connectivity index (χ1v) is 10.9. The van der Waals surface area contributed by atoms with Gasteiger partial charge in [-0.3, -0.25) is 15.1 Å². The molecule has 0 aliphatic rings. The molecule has 2 aromatic rings. The van der Waals surface area contributed by atoms with Gasteiger partial charge >= 0.3 is 0 Å². The second-order valence-electron chi connectivity index (χ2n) is 6.57. The third kappa shape index (κ3) is 6.41. The zero-order valence-electron chi connectivity index (χ0n) is 16.9. The van der Waals surface area contributed by atoms with Crippen molar-refractivity contribution in [2.75, 3.05) is 31.7 Å². The number of nitrogens with zero attached hydrogens (tertiary/aromatic N) is 2. The number of nitro benzene ring substituents is 1. The monoisotopic (exact) mass is 437 g/mol. The van der Waals surface area contributed by atoms with Crippen LogP contribution in [0, 0.1) is 22.9 Å². The van der Waals surface area contributed by atoms with Crippen LogP contribution in [0.5, 0.6) is 0 Å². The highest BCUT2D eigenvalue weighted by molar-refractivity contribution is 7.90. The quantitative estimate of drug-likeness (QED) is 0.190. The normalized spacial score (nSPS) is 11.8. The molecule has 0 aliphatic carbocycles. The number of guanidine groups is 1. The average molecular weight is 437 g/mol. The molecule has 2 aromatic carbocycles. The standard InChI is InChI=1S/C19H24FN5O4S/c1-13-10-14(4-6-16(13)20)12-24-19(21-2)23-9-8-22-17-7-5-15(30(3,28)29)11-18(17)25(26)27/h4-7,10-11,22H,8-9,12H2,1-3H3,(H2,21,23,24). The van der Waals surface area contributed by atoms with E-state index >= 15 is 0 Å². The minimum atomic E-state index is -3.54. The van der Waals surface area contributed by atoms with Crippen LogP contribution in [0.2, 0.25) is 0 Å². The fraction of sp³-hybridized carbons (Fsp3) is 0.316. The van der Waals surface area contributed by atoms with Gasteiger partial charge in [0.25, 0.3) is 5.69 Å². The van der Waals surface area contributed by atoms with Crippen molar-refractivity contribution in [1.82, 2.24) is 10.6 Å². The Morgan fingerprint density at radius 1 is 1.17 bits per heavy atom. The predicted molar refractivity (Wildman–Crippen MR) is 114 cm³/mol. The topological polar surface area (TPSA) is 126 Å². The maximum absolute atomic E-state index is 13.3. The van der Waals surface area contributed by atoms with Crippen molar-refractivity contribution in [2.45, 2.75) is 18.4 Å². The van der Waals surface area contributed by atoms with E-state index in [1.54, 1.807) is 26.1 Å². The predicted octanol–water partition coefficient (Wildman–Crippen LogP) is 2.22. The molecule has 9 nitrogen and oxygen atoms in total. The van der Waals surface area contributed by atoms with Gasteiger partial charge in [0.15, 0.2) is 15.8 Å². The van der Waals surface area contributed by atoms with Gasteiger partial charge in [0.2, 0.25) is 0 Å². The van der Waals surface area contributed by atoms with Crippen LogP contribution < -0.4 is 16.0 Å². The highest BCUT2D eigenvalue weighted by Gasteiger charge is 2.18. The van der Waals surface area contributed by atoms with Gasteiger partial charge in [-0.2, -0.15) is 0 Å². The molecule has 0 saturated carbocycles. The zero-order chi connectivity index (χ0) is 22.3. The second kappa shape index (κ2) is 10.0. The molecule has 2 rings (SSSR count). The molecular weight excluding hydrogens is 413 g/mol. The van der Waals surface area contributed by atoms with Crippen molar-refractivity contribution in [3.63, 3.8) is 0 Å². The summed E-state index contributed by atoms with van der Waals surface area (Å²) in [6.07, 6.45) is 0.995. The highest BCUT2D eigenvalue weighted by atomic mass is 32.2. The van der Waals surface area contributed by atoms with Gasteiger partial charge in [0.1, 0.15) is 11.5 Å². The molecule has 0 saturated heterocycles. The summed E-state index contributed by atoms with van der Waals surface area (Å²) in [6.45, 7) is 2.87. The second-order valence-corrected chi connectivity index (χ2v) is 8.59. The Morgan fingerprint density at radius 2 is 1.90 bits per heavy atom. The Balaban J connectivity index is 1.90. The van der Waals surface area contributed by atoms with Crippen molar-refractivity contribution >= 4 is 27.2 Å². The number of halogens is 1. The first kappa shape index (κ1) is 23.1. The van der Waals surface area contributed by atoms with Gasteiger partial charge in [-0.15, -0.1) is 0 Å². The molecule has 0 unspecified atom stereocenters. The van der Waals surface area contributed by atoms with Crippen molar-refractivity contribution in [1.29, 1.82) is 0 Å². The summed E-state index contributed by atoms with van der Waals surface area (Å²) >= 11 is 0. The number of benzene rings is 2. The van der Waals surface area contributed by atoms with Crippen LogP contribution >= 0.6 is 0 Å². The zero-order valence-corrected chi connectivity index (χ0v) is 17.7. The first-order valence-electron chi connectivity index (χ1n) is 9.03. The van der Waals surface area contributed by atoms with E-state index in [1.165, 1.54) is 18.2 Å². The van der Waals surface area contributed by atoms with Crippen LogP contribution in [0.3, 0.4) is 0 Å². The number of anilines is 1. The van der Waals surface area contributed by atoms with E-state index < -0.39 is 14.8 Å². The van der Waals surface area contributed by atoms with Gasteiger partial charge in [-0.25, -0.2) is 12.8 Å². The molecule has 0 aliphatic heterocycles. The number of rotatable bonds is 8. The Morgan fingerprint density at radius 3 is 2.50 bits per heavy atom. The molecule has 0 atom stereocenters. The van der Waals surface area contributed by atoms with Crippen LogP contribution in [-0.4, -0.2) is 45.7 Å². The summed E-state index contributed by atoms with van der Waals surface area (Å²) in [4.78, 5) is 14.6. The van der Waals surface area contributed by atoms with Crippen molar-refractivity contribution in [3.05, 3.63) is 63.5 Å². The Bertz CT molecular complexity index is 1060. The van der Waals surface area contributed by atoms with Gasteiger partial charge in [-0.1, -0.05) is 12.1 Å². The van der Waals surface area contributed by atoms with Gasteiger partial charge in [0.05, 0.1) is 9.82 Å². The summed E-state index contributed by atoms with van der Waals surface area (Å²) < 4.78 is 36.5. The van der Waals surface area contributed by atoms with E-state index in [1.807, 2.05) is 0 Å². The summed E-state index contributed by atoms with van der Waals surface area (Å²) in [5.74, 6) is 0.256. The fourth-order valence-electron chi connectivity index (χ4n) is 2.64. The number of hydrogen-bond acceptors (Lipinski definition) is 6. The van der Waals surface area contributed by atoms with Crippen molar-refractivity contribution in [2.24, 2.45) is 4.99 Å². The lowest BCUT2D eigenvalue weighted by Crippen LogP contribution is -2.39. The van der Waals surface area contributed by atoms with Gasteiger partial charge in [-0.05, 0) is 36.2 Å². The molecule has 0 fully saturated rings. The van der Waals surface area contributed by atoms with E-state index in [9.17, 15) is 22.9 Å². The molecule has 0 aromatic heterocycles. The van der Waals surface area contributed by atoms with E-state index in [4.69, 9.17) is 0 Å². The molecule has 162 valence electrons. The summed E-state index contributed by atoms with van der Waals surface area (Å²) in [5.41, 5.74) is 1.37. The van der Waals surface area contributed by atoms with Crippen LogP contribution in [0.15, 0.2) is 46.3 Å². The Hall–Kier alpha value is -3.21. The lowest BCUT2D eigenvalue weighted by molar-refractivity contribution is -0.384. The lowest BCUT2D eigenvalue weighted by Gasteiger charge is -2.13. The Kier molecular flexibility index (Phi) is 7.70. The van der Waals surface area contributed by atoms with Crippen molar-refractivity contribution < 1.29 is 17.7 Å². The fourth-order valence-corrected chi connectivity index (χ4v) is 3.28. The maximum atomic E-state index is 13.3. The number of hydrogen-bond donors (Lipinski definition) is 3. The maximum Gasteiger partial charge on any atom is 0.293 e. The molecule has 0 amide bonds. The number of sulfone groups is 1. The number of aliphatic imine (C=N–C) groups is 1. The number of aryl methyl sites for hydroxylation is 1. The lowest BCUT2D eigenvalue weighted by atomic mass is 10.1. The van der Waals surface area contributed by atoms with Gasteiger partial charge in [0, 0.05) is 39.0 Å². The van der Waals surface area contributed by atoms with Gasteiger partial charge < -0.3 is 16.0 Å². The molecule has 0 spiro atoms. The minimum absolute atomic E-state index is 0.112. The average Bonchev–Trinajstić information content (AvgIpc) is 2.69. The van der Waals surface area contributed by atoms with Crippen LogP contribution in [-0.2, 0) is 16.4 Å². The summed E-state index contributed by atoms with van der Waals surface area (Å²) in [5, 5.41) is 20.3. The largest absolute Gasteiger partial charge is 0.378 e. The number of nitro groups is 1. The molecule has 11 heteroatoms. The molecular formula is C19H24FN5O4S. The van der Waals surface area contributed by atoms with Crippen LogP contribution in [0.1, 0.15) is 11.1 Å². The molecule has 0 bridgehead atoms. The summed E-state index contributed by atoms with van der Waals surface area (Å²) in [6, 6.07) is 8.58. The van der Waals surface area contributed by atoms with Crippen molar-refractivity contribution in [3.8, 4) is 0 Å². The van der Waals surface area contributed by atoms with E-state index in [0.717, 1.165) is 17.9 Å². The molecule has 0 heterocycles. The first-order chi connectivity index (χ1) is 14.1. The van der Waals surface area contributed by atoms with Crippen LogP contribution in [0.25, 0.3) is 0 Å². The summed E-state index contributed by atoms with van der Waals surface area (Å²) in [7, 11) is -1.93. The molecule has 30 heavy (non-hydrogen) atoms. The Labute approximate surface area is 174 Å². The highest BCUT2D eigenvalue weighted by Crippen LogP contribution is 2.27. The van der Waals surface area contributed by atoms with E-state index in [0.29, 0.717) is 31.2 Å². The third-order valence-electron chi connectivity index (χ3n) is 4.23.